The Morgan fingerprint density at radius 2 is 1.61 bits per heavy atom. The summed E-state index contributed by atoms with van der Waals surface area (Å²) in [5.41, 5.74) is 0.836. The van der Waals surface area contributed by atoms with Crippen LogP contribution in [0.15, 0.2) is 29.2 Å². The Balaban J connectivity index is 2.31. The lowest BCUT2D eigenvalue weighted by Crippen LogP contribution is -2.22. The average Bonchev–Trinajstić information content (AvgIpc) is 2.77. The van der Waals surface area contributed by atoms with Crippen molar-refractivity contribution >= 4 is 9.84 Å². The minimum Gasteiger partial charge on any atom is -0.344 e. The minimum absolute atomic E-state index is 0.336. The average molecular weight is 270 g/mol. The Bertz CT molecular complexity index is 510. The van der Waals surface area contributed by atoms with Crippen molar-refractivity contribution in [2.75, 3.05) is 13.2 Å². The normalized spacial score (nSPS) is 19.3. The maximum Gasteiger partial charge on any atom is 0.192 e. The quantitative estimate of drug-likeness (QED) is 0.844. The molecule has 0 atom stereocenters. The van der Waals surface area contributed by atoms with Crippen molar-refractivity contribution in [1.29, 1.82) is 0 Å². The highest BCUT2D eigenvalue weighted by Crippen LogP contribution is 2.31. The van der Waals surface area contributed by atoms with Gasteiger partial charge in [0.25, 0.3) is 0 Å². The molecule has 5 heteroatoms. The summed E-state index contributed by atoms with van der Waals surface area (Å²) in [6.07, 6.45) is 0. The number of benzene rings is 1. The van der Waals surface area contributed by atoms with Crippen molar-refractivity contribution in [2.45, 2.75) is 36.7 Å². The predicted octanol–water partition coefficient (Wildman–Crippen LogP) is 2.09. The molecule has 0 bridgehead atoms. The molecule has 1 aliphatic rings. The van der Waals surface area contributed by atoms with E-state index in [9.17, 15) is 8.42 Å². The molecule has 1 aliphatic heterocycles. The highest BCUT2D eigenvalue weighted by atomic mass is 32.2. The molecule has 0 aromatic heterocycles. The molecular weight excluding hydrogens is 252 g/mol. The number of ether oxygens (including phenoxy) is 2. The van der Waals surface area contributed by atoms with Crippen molar-refractivity contribution < 1.29 is 17.9 Å². The molecule has 0 unspecified atom stereocenters. The second kappa shape index (κ2) is 4.64. The second-order valence-electron chi connectivity index (χ2n) is 4.76. The fraction of sp³-hybridized carbons (Fsp3) is 0.538. The van der Waals surface area contributed by atoms with E-state index in [1.54, 1.807) is 38.1 Å². The molecule has 0 amide bonds. The second-order valence-corrected chi connectivity index (χ2v) is 7.27. The van der Waals surface area contributed by atoms with Crippen LogP contribution in [-0.2, 0) is 25.1 Å². The third kappa shape index (κ3) is 2.30. The fourth-order valence-electron chi connectivity index (χ4n) is 1.90. The maximum atomic E-state index is 12.0. The van der Waals surface area contributed by atoms with Crippen LogP contribution >= 0.6 is 0 Å². The summed E-state index contributed by atoms with van der Waals surface area (Å²) in [4.78, 5) is 0.336. The van der Waals surface area contributed by atoms with Gasteiger partial charge in [-0.05, 0) is 32.9 Å². The summed E-state index contributed by atoms with van der Waals surface area (Å²) >= 11 is 0. The van der Waals surface area contributed by atoms with Gasteiger partial charge in [-0.2, -0.15) is 0 Å². The summed E-state index contributed by atoms with van der Waals surface area (Å²) in [6.45, 7) is 6.30. The standard InChI is InChI=1S/C13H18O4S/c1-10(2)18(14,15)12-6-4-11(5-7-12)13(3)16-8-9-17-13/h4-7,10H,8-9H2,1-3H3. The van der Waals surface area contributed by atoms with Crippen molar-refractivity contribution in [3.8, 4) is 0 Å². The first kappa shape index (κ1) is 13.5. The topological polar surface area (TPSA) is 52.6 Å². The summed E-state index contributed by atoms with van der Waals surface area (Å²) in [6, 6.07) is 6.73. The van der Waals surface area contributed by atoms with Crippen LogP contribution < -0.4 is 0 Å². The molecule has 0 N–H and O–H groups in total. The summed E-state index contributed by atoms with van der Waals surface area (Å²) < 4.78 is 35.0. The molecule has 1 saturated heterocycles. The van der Waals surface area contributed by atoms with Gasteiger partial charge in [0, 0.05) is 5.56 Å². The molecule has 2 rings (SSSR count). The molecule has 0 saturated carbocycles. The molecule has 18 heavy (non-hydrogen) atoms. The van der Waals surface area contributed by atoms with Gasteiger partial charge in [0.2, 0.25) is 0 Å². The van der Waals surface area contributed by atoms with E-state index in [2.05, 4.69) is 0 Å². The van der Waals surface area contributed by atoms with Crippen molar-refractivity contribution in [3.63, 3.8) is 0 Å². The Labute approximate surface area is 108 Å². The SMILES string of the molecule is CC(C)S(=O)(=O)c1ccc(C2(C)OCCO2)cc1. The predicted molar refractivity (Wildman–Crippen MR) is 68.0 cm³/mol. The maximum absolute atomic E-state index is 12.0. The molecule has 1 aromatic carbocycles. The van der Waals surface area contributed by atoms with Gasteiger partial charge in [-0.1, -0.05) is 12.1 Å². The first-order valence-corrected chi connectivity index (χ1v) is 7.53. The smallest absolute Gasteiger partial charge is 0.192 e. The van der Waals surface area contributed by atoms with E-state index in [0.717, 1.165) is 5.56 Å². The molecule has 4 nitrogen and oxygen atoms in total. The van der Waals surface area contributed by atoms with Gasteiger partial charge in [-0.3, -0.25) is 0 Å². The largest absolute Gasteiger partial charge is 0.344 e. The van der Waals surface area contributed by atoms with Crippen LogP contribution in [0.5, 0.6) is 0 Å². The zero-order valence-corrected chi connectivity index (χ0v) is 11.7. The lowest BCUT2D eigenvalue weighted by atomic mass is 10.1. The Kier molecular flexibility index (Phi) is 3.49. The first-order chi connectivity index (χ1) is 8.36. The number of rotatable bonds is 3. The van der Waals surface area contributed by atoms with Crippen LogP contribution in [0, 0.1) is 0 Å². The van der Waals surface area contributed by atoms with E-state index in [-0.39, 0.29) is 0 Å². The van der Waals surface area contributed by atoms with Crippen LogP contribution in [-0.4, -0.2) is 26.9 Å². The van der Waals surface area contributed by atoms with E-state index in [1.165, 1.54) is 0 Å². The molecule has 1 aromatic rings. The molecule has 0 aliphatic carbocycles. The highest BCUT2D eigenvalue weighted by molar-refractivity contribution is 7.92. The van der Waals surface area contributed by atoms with Gasteiger partial charge in [0.05, 0.1) is 23.4 Å². The molecule has 1 heterocycles. The third-order valence-electron chi connectivity index (χ3n) is 3.17. The van der Waals surface area contributed by atoms with Crippen LogP contribution in [0.1, 0.15) is 26.3 Å². The third-order valence-corrected chi connectivity index (χ3v) is 5.34. The van der Waals surface area contributed by atoms with E-state index < -0.39 is 20.9 Å². The van der Waals surface area contributed by atoms with Gasteiger partial charge in [-0.25, -0.2) is 8.42 Å². The van der Waals surface area contributed by atoms with Gasteiger partial charge in [-0.15, -0.1) is 0 Å². The van der Waals surface area contributed by atoms with Crippen LogP contribution in [0.25, 0.3) is 0 Å². The molecule has 1 fully saturated rings. The van der Waals surface area contributed by atoms with Crippen LogP contribution in [0.3, 0.4) is 0 Å². The van der Waals surface area contributed by atoms with Crippen molar-refractivity contribution in [1.82, 2.24) is 0 Å². The van der Waals surface area contributed by atoms with Crippen molar-refractivity contribution in [2.24, 2.45) is 0 Å². The monoisotopic (exact) mass is 270 g/mol. The van der Waals surface area contributed by atoms with Gasteiger partial charge in [0.15, 0.2) is 15.6 Å². The van der Waals surface area contributed by atoms with E-state index >= 15 is 0 Å². The van der Waals surface area contributed by atoms with Crippen LogP contribution in [0.4, 0.5) is 0 Å². The minimum atomic E-state index is -3.22. The molecular formula is C13H18O4S. The van der Waals surface area contributed by atoms with Crippen LogP contribution in [0.2, 0.25) is 0 Å². The lowest BCUT2D eigenvalue weighted by Gasteiger charge is -2.22. The fourth-order valence-corrected chi connectivity index (χ4v) is 2.96. The number of hydrogen-bond donors (Lipinski definition) is 0. The van der Waals surface area contributed by atoms with E-state index in [0.29, 0.717) is 18.1 Å². The van der Waals surface area contributed by atoms with Gasteiger partial charge >= 0.3 is 0 Å². The highest BCUT2D eigenvalue weighted by Gasteiger charge is 2.33. The molecule has 100 valence electrons. The van der Waals surface area contributed by atoms with E-state index in [1.807, 2.05) is 6.92 Å². The van der Waals surface area contributed by atoms with E-state index in [4.69, 9.17) is 9.47 Å². The van der Waals surface area contributed by atoms with Gasteiger partial charge in [0.1, 0.15) is 0 Å². The lowest BCUT2D eigenvalue weighted by molar-refractivity contribution is -0.149. The zero-order valence-electron chi connectivity index (χ0n) is 10.8. The Morgan fingerprint density at radius 3 is 2.06 bits per heavy atom. The Morgan fingerprint density at radius 1 is 1.11 bits per heavy atom. The summed E-state index contributed by atoms with van der Waals surface area (Å²) in [5, 5.41) is -0.419. The first-order valence-electron chi connectivity index (χ1n) is 5.98. The Hall–Kier alpha value is -0.910. The number of hydrogen-bond acceptors (Lipinski definition) is 4. The van der Waals surface area contributed by atoms with Gasteiger partial charge < -0.3 is 9.47 Å². The molecule has 0 spiro atoms. The summed E-state index contributed by atoms with van der Waals surface area (Å²) in [5.74, 6) is -0.750. The zero-order chi connectivity index (χ0) is 13.4. The number of sulfone groups is 1. The molecule has 0 radical (unpaired) electrons. The van der Waals surface area contributed by atoms with Crippen molar-refractivity contribution in [3.05, 3.63) is 29.8 Å². The summed E-state index contributed by atoms with van der Waals surface area (Å²) in [7, 11) is -3.22.